The predicted molar refractivity (Wildman–Crippen MR) is 156 cm³/mol. The lowest BCUT2D eigenvalue weighted by molar-refractivity contribution is 1.20. The lowest BCUT2D eigenvalue weighted by atomic mass is 10.0. The summed E-state index contributed by atoms with van der Waals surface area (Å²) >= 11 is 0. The molecule has 0 amide bonds. The second-order valence-corrected chi connectivity index (χ2v) is 9.02. The molecule has 0 spiro atoms. The van der Waals surface area contributed by atoms with Gasteiger partial charge >= 0.3 is 0 Å². The first-order chi connectivity index (χ1) is 18.2. The van der Waals surface area contributed by atoms with E-state index in [9.17, 15) is 4.91 Å². The Morgan fingerprint density at radius 1 is 0.514 bits per heavy atom. The average molecular weight is 480 g/mol. The van der Waals surface area contributed by atoms with Gasteiger partial charge in [-0.25, -0.2) is 0 Å². The van der Waals surface area contributed by atoms with Crippen LogP contribution >= 0.6 is 0 Å². The minimum Gasteiger partial charge on any atom is -0.345 e. The van der Waals surface area contributed by atoms with Gasteiger partial charge in [-0.3, -0.25) is 0 Å². The van der Waals surface area contributed by atoms with Crippen molar-refractivity contribution in [3.05, 3.63) is 138 Å². The van der Waals surface area contributed by atoms with Crippen molar-refractivity contribution >= 4 is 55.7 Å². The first kappa shape index (κ1) is 22.5. The maximum Gasteiger partial charge on any atom is 0.110 e. The molecule has 0 aliphatic rings. The summed E-state index contributed by atoms with van der Waals surface area (Å²) in [5.74, 6) is 0. The van der Waals surface area contributed by atoms with Crippen LogP contribution in [0.25, 0.3) is 21.5 Å². The van der Waals surface area contributed by atoms with E-state index in [2.05, 4.69) is 124 Å². The van der Waals surface area contributed by atoms with Crippen LogP contribution in [-0.4, -0.2) is 7.05 Å². The summed E-state index contributed by atoms with van der Waals surface area (Å²) in [6, 6.07) is 45.7. The smallest absolute Gasteiger partial charge is 0.110 e. The van der Waals surface area contributed by atoms with E-state index in [1.165, 1.54) is 21.5 Å². The molecule has 0 bridgehead atoms. The number of nitrogens with zero attached hydrogens (tertiary/aromatic N) is 3. The minimum absolute atomic E-state index is 0.416. The van der Waals surface area contributed by atoms with Gasteiger partial charge in [-0.1, -0.05) is 78.9 Å². The molecule has 0 radical (unpaired) electrons. The highest BCUT2D eigenvalue weighted by Crippen LogP contribution is 2.42. The second kappa shape index (κ2) is 9.59. The summed E-state index contributed by atoms with van der Waals surface area (Å²) < 4.78 is 0. The largest absolute Gasteiger partial charge is 0.345 e. The highest BCUT2D eigenvalue weighted by Gasteiger charge is 2.18. The number of benzene rings is 6. The number of rotatable bonds is 6. The zero-order valence-electron chi connectivity index (χ0n) is 20.5. The molecule has 0 unspecified atom stereocenters. The van der Waals surface area contributed by atoms with E-state index in [0.29, 0.717) is 5.69 Å². The topological polar surface area (TPSA) is 35.9 Å². The minimum atomic E-state index is 0.416. The first-order valence-corrected chi connectivity index (χ1v) is 12.3. The monoisotopic (exact) mass is 479 g/mol. The Labute approximate surface area is 216 Å². The molecule has 0 aliphatic carbocycles. The van der Waals surface area contributed by atoms with Crippen molar-refractivity contribution in [3.8, 4) is 0 Å². The molecule has 6 aromatic carbocycles. The summed E-state index contributed by atoms with van der Waals surface area (Å²) in [5, 5.41) is 7.86. The van der Waals surface area contributed by atoms with Gasteiger partial charge in [-0.05, 0) is 70.5 Å². The summed E-state index contributed by atoms with van der Waals surface area (Å²) in [6.07, 6.45) is 0. The summed E-state index contributed by atoms with van der Waals surface area (Å²) in [4.78, 5) is 15.4. The molecule has 0 aliphatic heterocycles. The van der Waals surface area contributed by atoms with Gasteiger partial charge in [0.2, 0.25) is 0 Å². The average Bonchev–Trinajstić information content (AvgIpc) is 2.97. The number of hydrogen-bond donors (Lipinski definition) is 0. The fourth-order valence-corrected chi connectivity index (χ4v) is 4.95. The third-order valence-corrected chi connectivity index (χ3v) is 6.83. The third-order valence-electron chi connectivity index (χ3n) is 6.83. The van der Waals surface area contributed by atoms with Gasteiger partial charge < -0.3 is 9.80 Å². The van der Waals surface area contributed by atoms with Gasteiger partial charge in [0.05, 0.1) is 11.4 Å². The highest BCUT2D eigenvalue weighted by molar-refractivity contribution is 6.04. The van der Waals surface area contributed by atoms with Crippen molar-refractivity contribution in [2.45, 2.75) is 0 Å². The first-order valence-electron chi connectivity index (χ1n) is 12.3. The lowest BCUT2D eigenvalue weighted by Crippen LogP contribution is -2.12. The molecule has 178 valence electrons. The summed E-state index contributed by atoms with van der Waals surface area (Å²) in [7, 11) is 1.99. The van der Waals surface area contributed by atoms with E-state index < -0.39 is 0 Å². The molecule has 4 heteroatoms. The molecule has 0 atom stereocenters. The molecule has 6 aromatic rings. The Bertz CT molecular complexity index is 1640. The maximum absolute atomic E-state index is 11.0. The summed E-state index contributed by atoms with van der Waals surface area (Å²) in [6.45, 7) is 0. The molecule has 4 nitrogen and oxygen atoms in total. The van der Waals surface area contributed by atoms with Crippen molar-refractivity contribution < 1.29 is 0 Å². The fraction of sp³-hybridized carbons (Fsp3) is 0.0303. The van der Waals surface area contributed by atoms with Crippen LogP contribution in [-0.2, 0) is 0 Å². The van der Waals surface area contributed by atoms with Crippen LogP contribution in [0.2, 0.25) is 0 Å². The Morgan fingerprint density at radius 2 is 1.03 bits per heavy atom. The standard InChI is InChI=1S/C33H25N3O/c1-35(29-14-8-13-26(23-29)34-37)27-19-21-28(22-20-27)36(32-17-6-11-24-9-2-4-15-30(24)32)33-18-7-12-25-10-3-5-16-31(25)33/h2-23H,1H3. The van der Waals surface area contributed by atoms with Crippen LogP contribution in [0.3, 0.4) is 0 Å². The summed E-state index contributed by atoms with van der Waals surface area (Å²) in [5.41, 5.74) is 5.65. The van der Waals surface area contributed by atoms with Crippen molar-refractivity contribution in [1.82, 2.24) is 0 Å². The zero-order valence-corrected chi connectivity index (χ0v) is 20.5. The molecule has 0 aromatic heterocycles. The van der Waals surface area contributed by atoms with E-state index in [1.54, 1.807) is 12.1 Å². The van der Waals surface area contributed by atoms with E-state index in [0.717, 1.165) is 28.4 Å². The predicted octanol–water partition coefficient (Wildman–Crippen LogP) is 9.63. The van der Waals surface area contributed by atoms with Crippen molar-refractivity contribution in [2.75, 3.05) is 16.8 Å². The molecule has 0 N–H and O–H groups in total. The number of fused-ring (bicyclic) bond motifs is 2. The van der Waals surface area contributed by atoms with Crippen LogP contribution in [0, 0.1) is 4.91 Å². The van der Waals surface area contributed by atoms with E-state index in [1.807, 2.05) is 19.2 Å². The molecular weight excluding hydrogens is 454 g/mol. The quantitative estimate of drug-likeness (QED) is 0.223. The normalized spacial score (nSPS) is 10.9. The Morgan fingerprint density at radius 3 is 1.62 bits per heavy atom. The number of nitroso groups, excluding NO2 is 1. The van der Waals surface area contributed by atoms with Gasteiger partial charge in [0.25, 0.3) is 0 Å². The number of anilines is 5. The maximum atomic E-state index is 11.0. The van der Waals surface area contributed by atoms with Crippen LogP contribution in [0.5, 0.6) is 0 Å². The zero-order chi connectivity index (χ0) is 25.2. The molecule has 37 heavy (non-hydrogen) atoms. The van der Waals surface area contributed by atoms with Gasteiger partial charge in [-0.15, -0.1) is 4.91 Å². The van der Waals surface area contributed by atoms with Crippen LogP contribution in [0.4, 0.5) is 34.1 Å². The van der Waals surface area contributed by atoms with E-state index in [4.69, 9.17) is 0 Å². The van der Waals surface area contributed by atoms with Gasteiger partial charge in [-0.2, -0.15) is 0 Å². The molecular formula is C33H25N3O. The van der Waals surface area contributed by atoms with E-state index in [-0.39, 0.29) is 0 Å². The highest BCUT2D eigenvalue weighted by atomic mass is 16.3. The molecule has 6 rings (SSSR count). The Balaban J connectivity index is 1.50. The molecule has 0 saturated carbocycles. The van der Waals surface area contributed by atoms with Gasteiger partial charge in [0.1, 0.15) is 5.69 Å². The SMILES string of the molecule is CN(c1ccc(N(c2cccc3ccccc23)c2cccc3ccccc23)cc1)c1cccc(N=O)c1. The van der Waals surface area contributed by atoms with Gasteiger partial charge in [0, 0.05) is 34.9 Å². The molecule has 0 heterocycles. The number of hydrogen-bond acceptors (Lipinski definition) is 4. The fourth-order valence-electron chi connectivity index (χ4n) is 4.95. The lowest BCUT2D eigenvalue weighted by Gasteiger charge is -2.29. The van der Waals surface area contributed by atoms with Crippen molar-refractivity contribution in [2.24, 2.45) is 5.18 Å². The van der Waals surface area contributed by atoms with Crippen LogP contribution in [0.15, 0.2) is 139 Å². The molecule has 0 saturated heterocycles. The second-order valence-electron chi connectivity index (χ2n) is 9.02. The van der Waals surface area contributed by atoms with Crippen molar-refractivity contribution in [1.29, 1.82) is 0 Å². The van der Waals surface area contributed by atoms with Gasteiger partial charge in [0.15, 0.2) is 0 Å². The molecule has 0 fully saturated rings. The van der Waals surface area contributed by atoms with Crippen LogP contribution < -0.4 is 9.80 Å². The third kappa shape index (κ3) is 4.19. The van der Waals surface area contributed by atoms with Crippen molar-refractivity contribution in [3.63, 3.8) is 0 Å². The Kier molecular flexibility index (Phi) is 5.83. The Hall–Kier alpha value is -4.96. The van der Waals surface area contributed by atoms with E-state index >= 15 is 0 Å². The van der Waals surface area contributed by atoms with Crippen LogP contribution in [0.1, 0.15) is 0 Å².